The first-order chi connectivity index (χ1) is 8.63. The monoisotopic (exact) mass is 313 g/mol. The minimum absolute atomic E-state index is 0.341. The van der Waals surface area contributed by atoms with Crippen LogP contribution < -0.4 is 10.5 Å². The lowest BCUT2D eigenvalue weighted by atomic mass is 9.77. The van der Waals surface area contributed by atoms with Gasteiger partial charge in [-0.2, -0.15) is 0 Å². The van der Waals surface area contributed by atoms with Gasteiger partial charge in [0.05, 0.1) is 18.8 Å². The van der Waals surface area contributed by atoms with Crippen LogP contribution in [0.2, 0.25) is 0 Å². The Kier molecular flexibility index (Phi) is 4.65. The Bertz CT molecular complexity index is 407. The number of ether oxygens (including phenoxy) is 1. The molecule has 0 spiro atoms. The zero-order chi connectivity index (χ0) is 13.1. The fourth-order valence-electron chi connectivity index (χ4n) is 2.33. The van der Waals surface area contributed by atoms with E-state index in [1.54, 1.807) is 0 Å². The maximum absolute atomic E-state index is 10.3. The maximum atomic E-state index is 10.3. The lowest BCUT2D eigenvalue weighted by Crippen LogP contribution is -2.36. The molecule has 2 atom stereocenters. The number of hydrogen-bond donors (Lipinski definition) is 2. The Morgan fingerprint density at radius 2 is 2.22 bits per heavy atom. The average molecular weight is 314 g/mol. The van der Waals surface area contributed by atoms with Crippen molar-refractivity contribution in [3.8, 4) is 5.75 Å². The molecule has 18 heavy (non-hydrogen) atoms. The molecule has 3 N–H and O–H groups in total. The van der Waals surface area contributed by atoms with Gasteiger partial charge >= 0.3 is 0 Å². The van der Waals surface area contributed by atoms with E-state index in [2.05, 4.69) is 15.9 Å². The molecule has 0 heterocycles. The van der Waals surface area contributed by atoms with E-state index < -0.39 is 6.10 Å². The van der Waals surface area contributed by atoms with Crippen LogP contribution in [0.4, 0.5) is 0 Å². The van der Waals surface area contributed by atoms with Gasteiger partial charge in [-0.15, -0.1) is 0 Å². The first-order valence-electron chi connectivity index (χ1n) is 6.49. The molecular weight excluding hydrogens is 294 g/mol. The lowest BCUT2D eigenvalue weighted by molar-refractivity contribution is 0.0406. The molecule has 1 aromatic rings. The molecule has 0 amide bonds. The van der Waals surface area contributed by atoms with Crippen molar-refractivity contribution in [2.45, 2.75) is 38.3 Å². The van der Waals surface area contributed by atoms with Crippen molar-refractivity contribution in [1.29, 1.82) is 0 Å². The Hall–Kier alpha value is -0.580. The van der Waals surface area contributed by atoms with Crippen molar-refractivity contribution in [2.24, 2.45) is 11.7 Å². The summed E-state index contributed by atoms with van der Waals surface area (Å²) >= 11 is 3.44. The molecule has 1 saturated carbocycles. The zero-order valence-electron chi connectivity index (χ0n) is 10.6. The van der Waals surface area contributed by atoms with E-state index in [-0.39, 0.29) is 6.04 Å². The van der Waals surface area contributed by atoms with Crippen molar-refractivity contribution in [3.63, 3.8) is 0 Å². The standard InChI is InChI=1S/C14H20BrNO2/c1-2-18-12-7-6-10(15)8-11(12)13(16)14(17)9-4-3-5-9/h6-9,13-14,17H,2-5,16H2,1H3/t13-,14+/m1/s1. The average Bonchev–Trinajstić information content (AvgIpc) is 2.28. The van der Waals surface area contributed by atoms with Crippen LogP contribution in [0.25, 0.3) is 0 Å². The van der Waals surface area contributed by atoms with Crippen LogP contribution in [-0.4, -0.2) is 17.8 Å². The van der Waals surface area contributed by atoms with E-state index in [1.807, 2.05) is 25.1 Å². The van der Waals surface area contributed by atoms with Crippen molar-refractivity contribution in [3.05, 3.63) is 28.2 Å². The molecule has 1 aliphatic rings. The Labute approximate surface area is 116 Å². The second-order valence-electron chi connectivity index (χ2n) is 4.82. The van der Waals surface area contributed by atoms with Gasteiger partial charge < -0.3 is 15.6 Å². The second-order valence-corrected chi connectivity index (χ2v) is 5.74. The number of aliphatic hydroxyl groups is 1. The molecule has 0 saturated heterocycles. The van der Waals surface area contributed by atoms with Gasteiger partial charge in [0.2, 0.25) is 0 Å². The highest BCUT2D eigenvalue weighted by atomic mass is 79.9. The van der Waals surface area contributed by atoms with Crippen LogP contribution in [0.1, 0.15) is 37.8 Å². The summed E-state index contributed by atoms with van der Waals surface area (Å²) in [5.41, 5.74) is 7.08. The third-order valence-corrected chi connectivity index (χ3v) is 4.12. The SMILES string of the molecule is CCOc1ccc(Br)cc1[C@@H](N)[C@@H](O)C1CCC1. The molecule has 0 unspecified atom stereocenters. The van der Waals surface area contributed by atoms with Gasteiger partial charge in [-0.05, 0) is 43.9 Å². The van der Waals surface area contributed by atoms with Crippen molar-refractivity contribution >= 4 is 15.9 Å². The van der Waals surface area contributed by atoms with Gasteiger partial charge in [0.25, 0.3) is 0 Å². The van der Waals surface area contributed by atoms with Crippen LogP contribution in [0.15, 0.2) is 22.7 Å². The summed E-state index contributed by atoms with van der Waals surface area (Å²) in [5.74, 6) is 1.11. The molecule has 100 valence electrons. The zero-order valence-corrected chi connectivity index (χ0v) is 12.2. The molecule has 1 fully saturated rings. The van der Waals surface area contributed by atoms with Gasteiger partial charge in [0.15, 0.2) is 0 Å². The first-order valence-corrected chi connectivity index (χ1v) is 7.28. The summed E-state index contributed by atoms with van der Waals surface area (Å²) in [5, 5.41) is 10.3. The lowest BCUT2D eigenvalue weighted by Gasteiger charge is -2.34. The Morgan fingerprint density at radius 1 is 1.50 bits per heavy atom. The van der Waals surface area contributed by atoms with Gasteiger partial charge in [0, 0.05) is 10.0 Å². The molecule has 1 aromatic carbocycles. The predicted octanol–water partition coefficient (Wildman–Crippen LogP) is 3.01. The molecule has 0 aromatic heterocycles. The van der Waals surface area contributed by atoms with Gasteiger partial charge in [-0.1, -0.05) is 22.4 Å². The second kappa shape index (κ2) is 6.04. The minimum atomic E-state index is -0.479. The predicted molar refractivity (Wildman–Crippen MR) is 75.6 cm³/mol. The Balaban J connectivity index is 2.21. The largest absolute Gasteiger partial charge is 0.494 e. The van der Waals surface area contributed by atoms with E-state index in [1.165, 1.54) is 6.42 Å². The van der Waals surface area contributed by atoms with E-state index in [0.29, 0.717) is 12.5 Å². The number of hydrogen-bond acceptors (Lipinski definition) is 3. The Morgan fingerprint density at radius 3 is 2.78 bits per heavy atom. The number of halogens is 1. The van der Waals surface area contributed by atoms with Crippen molar-refractivity contribution in [2.75, 3.05) is 6.61 Å². The molecule has 0 bridgehead atoms. The third kappa shape index (κ3) is 2.87. The van der Waals surface area contributed by atoms with Crippen LogP contribution in [0.3, 0.4) is 0 Å². The molecule has 1 aliphatic carbocycles. The topological polar surface area (TPSA) is 55.5 Å². The maximum Gasteiger partial charge on any atom is 0.124 e. The molecule has 4 heteroatoms. The van der Waals surface area contributed by atoms with Crippen LogP contribution >= 0.6 is 15.9 Å². The summed E-state index contributed by atoms with van der Waals surface area (Å²) in [7, 11) is 0. The summed E-state index contributed by atoms with van der Waals surface area (Å²) in [6.07, 6.45) is 2.87. The van der Waals surface area contributed by atoms with E-state index >= 15 is 0 Å². The van der Waals surface area contributed by atoms with Gasteiger partial charge in [-0.3, -0.25) is 0 Å². The summed E-state index contributed by atoms with van der Waals surface area (Å²) in [6.45, 7) is 2.54. The van der Waals surface area contributed by atoms with Crippen molar-refractivity contribution in [1.82, 2.24) is 0 Å². The fraction of sp³-hybridized carbons (Fsp3) is 0.571. The fourth-order valence-corrected chi connectivity index (χ4v) is 2.70. The van der Waals surface area contributed by atoms with Crippen LogP contribution in [-0.2, 0) is 0 Å². The molecule has 3 nitrogen and oxygen atoms in total. The summed E-state index contributed by atoms with van der Waals surface area (Å²) in [4.78, 5) is 0. The number of benzene rings is 1. The van der Waals surface area contributed by atoms with Crippen molar-refractivity contribution < 1.29 is 9.84 Å². The molecule has 2 rings (SSSR count). The smallest absolute Gasteiger partial charge is 0.124 e. The minimum Gasteiger partial charge on any atom is -0.494 e. The van der Waals surface area contributed by atoms with Crippen LogP contribution in [0.5, 0.6) is 5.75 Å². The summed E-state index contributed by atoms with van der Waals surface area (Å²) in [6, 6.07) is 5.39. The number of rotatable bonds is 5. The summed E-state index contributed by atoms with van der Waals surface area (Å²) < 4.78 is 6.54. The van der Waals surface area contributed by atoms with E-state index in [9.17, 15) is 5.11 Å². The molecular formula is C14H20BrNO2. The molecule has 0 radical (unpaired) electrons. The highest BCUT2D eigenvalue weighted by Gasteiger charge is 2.32. The van der Waals surface area contributed by atoms with Gasteiger partial charge in [-0.25, -0.2) is 0 Å². The molecule has 0 aliphatic heterocycles. The number of aliphatic hydroxyl groups excluding tert-OH is 1. The van der Waals surface area contributed by atoms with Gasteiger partial charge in [0.1, 0.15) is 5.75 Å². The van der Waals surface area contributed by atoms with E-state index in [0.717, 1.165) is 28.6 Å². The number of nitrogens with two attached hydrogens (primary N) is 1. The quantitative estimate of drug-likeness (QED) is 0.878. The highest BCUT2D eigenvalue weighted by Crippen LogP contribution is 2.37. The first kappa shape index (κ1) is 13.8. The highest BCUT2D eigenvalue weighted by molar-refractivity contribution is 9.10. The van der Waals surface area contributed by atoms with Crippen LogP contribution in [0, 0.1) is 5.92 Å². The third-order valence-electron chi connectivity index (χ3n) is 3.63. The normalized spacial score (nSPS) is 19.1. The van der Waals surface area contributed by atoms with E-state index in [4.69, 9.17) is 10.5 Å².